The van der Waals surface area contributed by atoms with Gasteiger partial charge in [0.05, 0.1) is 0 Å². The molecule has 12 aromatic rings. The van der Waals surface area contributed by atoms with Crippen molar-refractivity contribution in [1.82, 2.24) is 0 Å². The van der Waals surface area contributed by atoms with Gasteiger partial charge in [0.15, 0.2) is 0 Å². The Hall–Kier alpha value is -9.36. The van der Waals surface area contributed by atoms with Crippen molar-refractivity contribution in [2.24, 2.45) is 17.8 Å². The second-order valence-corrected chi connectivity index (χ2v) is 30.5. The average molecular weight is 1710 g/mol. The Morgan fingerprint density at radius 3 is 0.567 bits per heavy atom. The minimum absolute atomic E-state index is 0.706. The van der Waals surface area contributed by atoms with E-state index in [0.717, 1.165) is 37.0 Å². The molecule has 0 amide bonds. The number of hydrogen-bond donors (Lipinski definition) is 0. The molecule has 127 heavy (non-hydrogen) atoms. The van der Waals surface area contributed by atoms with Crippen molar-refractivity contribution >= 4 is 0 Å². The molecule has 0 aliphatic carbocycles. The predicted octanol–water partition coefficient (Wildman–Crippen LogP) is 41.9. The molecule has 0 heterocycles. The monoisotopic (exact) mass is 1710 g/mol. The fourth-order valence-electron chi connectivity index (χ4n) is 14.1. The van der Waals surface area contributed by atoms with Gasteiger partial charge in [0, 0.05) is 0 Å². The molecule has 696 valence electrons. The molecule has 0 saturated carbocycles. The van der Waals surface area contributed by atoms with Crippen molar-refractivity contribution in [1.29, 1.82) is 0 Å². The van der Waals surface area contributed by atoms with E-state index in [0.29, 0.717) is 5.92 Å². The van der Waals surface area contributed by atoms with E-state index in [9.17, 15) is 0 Å². The number of rotatable bonds is 27. The molecule has 0 aliphatic heterocycles. The molecule has 0 bridgehead atoms. The summed E-state index contributed by atoms with van der Waals surface area (Å²) in [4.78, 5) is 0. The summed E-state index contributed by atoms with van der Waals surface area (Å²) >= 11 is 0. The van der Waals surface area contributed by atoms with Gasteiger partial charge in [-0.25, -0.2) is 0 Å². The lowest BCUT2D eigenvalue weighted by molar-refractivity contribution is 0.490. The van der Waals surface area contributed by atoms with Gasteiger partial charge in [0.1, 0.15) is 0 Å². The average Bonchev–Trinajstić information content (AvgIpc) is 0.818. The summed E-state index contributed by atoms with van der Waals surface area (Å²) in [6.45, 7) is 73.5. The van der Waals surface area contributed by atoms with Crippen LogP contribution in [-0.4, -0.2) is 0 Å². The fraction of sp³-hybridized carbons (Fsp3) is 0.433. The Labute approximate surface area is 787 Å². The quantitative estimate of drug-likeness (QED) is 0.0481. The van der Waals surface area contributed by atoms with Crippen LogP contribution in [0.1, 0.15) is 346 Å². The van der Waals surface area contributed by atoms with Crippen molar-refractivity contribution in [2.45, 2.75) is 351 Å². The van der Waals surface area contributed by atoms with Gasteiger partial charge >= 0.3 is 0 Å². The third-order valence-electron chi connectivity index (χ3n) is 21.5. The summed E-state index contributed by atoms with van der Waals surface area (Å²) in [5.41, 5.74) is 33.6. The van der Waals surface area contributed by atoms with Crippen LogP contribution in [0.3, 0.4) is 0 Å². The van der Waals surface area contributed by atoms with E-state index >= 15 is 0 Å². The molecule has 0 fully saturated rings. The highest BCUT2D eigenvalue weighted by molar-refractivity contribution is 5.75. The first-order valence-corrected chi connectivity index (χ1v) is 51.1. The molecule has 0 N–H and O–H groups in total. The van der Waals surface area contributed by atoms with Crippen molar-refractivity contribution in [3.05, 3.63) is 346 Å². The predicted molar refractivity (Wildman–Crippen MR) is 587 cm³/mol. The number of hydrogen-bond acceptors (Lipinski definition) is 0. The summed E-state index contributed by atoms with van der Waals surface area (Å²) in [5, 5.41) is 0. The third-order valence-corrected chi connectivity index (χ3v) is 21.5. The topological polar surface area (TPSA) is 0 Å². The van der Waals surface area contributed by atoms with Gasteiger partial charge in [-0.1, -0.05) is 561 Å². The van der Waals surface area contributed by atoms with E-state index < -0.39 is 0 Å². The lowest BCUT2D eigenvalue weighted by Gasteiger charge is -2.13. The van der Waals surface area contributed by atoms with E-state index in [4.69, 9.17) is 0 Å². The molecule has 0 radical (unpaired) electrons. The van der Waals surface area contributed by atoms with Crippen LogP contribution in [0.4, 0.5) is 0 Å². The summed E-state index contributed by atoms with van der Waals surface area (Å²) in [7, 11) is 0. The van der Waals surface area contributed by atoms with Gasteiger partial charge < -0.3 is 0 Å². The van der Waals surface area contributed by atoms with Crippen LogP contribution in [0, 0.1) is 45.4 Å². The zero-order chi connectivity index (χ0) is 96.3. The normalized spacial score (nSPS) is 9.69. The van der Waals surface area contributed by atoms with Gasteiger partial charge in [0.2, 0.25) is 0 Å². The van der Waals surface area contributed by atoms with Crippen LogP contribution in [0.15, 0.2) is 285 Å². The van der Waals surface area contributed by atoms with Crippen molar-refractivity contribution < 1.29 is 0 Å². The van der Waals surface area contributed by atoms with E-state index in [2.05, 4.69) is 389 Å². The molecule has 0 nitrogen and oxygen atoms in total. The Kier molecular flexibility index (Phi) is 75.6. The molecular formula is C127H188. The smallest absolute Gasteiger partial charge is 0.0167 e. The molecule has 12 rings (SSSR count). The Balaban J connectivity index is -0.00000145. The first kappa shape index (κ1) is 122. The molecule has 12 aromatic carbocycles. The van der Waals surface area contributed by atoms with Crippen LogP contribution < -0.4 is 0 Å². The van der Waals surface area contributed by atoms with Crippen LogP contribution in [-0.2, 0) is 38.5 Å². The van der Waals surface area contributed by atoms with E-state index in [1.807, 2.05) is 138 Å². The van der Waals surface area contributed by atoms with Gasteiger partial charge in [0.25, 0.3) is 0 Å². The molecule has 0 heteroatoms. The summed E-state index contributed by atoms with van der Waals surface area (Å²) in [5.74, 6) is 3.11. The highest BCUT2D eigenvalue weighted by Gasteiger charge is 2.12. The van der Waals surface area contributed by atoms with E-state index in [1.54, 1.807) is 0 Å². The van der Waals surface area contributed by atoms with Crippen LogP contribution >= 0.6 is 0 Å². The van der Waals surface area contributed by atoms with Gasteiger partial charge in [-0.2, -0.15) is 0 Å². The third kappa shape index (κ3) is 48.0. The van der Waals surface area contributed by atoms with E-state index in [-0.39, 0.29) is 0 Å². The summed E-state index contributed by atoms with van der Waals surface area (Å²) < 4.78 is 0. The molecule has 0 saturated heterocycles. The Morgan fingerprint density at radius 1 is 0.181 bits per heavy atom. The largest absolute Gasteiger partial charge is 0.0683 e. The molecule has 0 spiro atoms. The maximum absolute atomic E-state index is 2.37. The molecular weight excluding hydrogens is 1530 g/mol. The number of benzene rings is 12. The van der Waals surface area contributed by atoms with Crippen molar-refractivity contribution in [2.75, 3.05) is 0 Å². The first-order chi connectivity index (χ1) is 62.0. The zero-order valence-electron chi connectivity index (χ0n) is 88.3. The van der Waals surface area contributed by atoms with Crippen LogP contribution in [0.25, 0.3) is 77.9 Å². The van der Waals surface area contributed by atoms with Crippen molar-refractivity contribution in [3.63, 3.8) is 0 Å². The SMILES string of the molecule is CC.CC.CC.CC.CC.CC.CC.CC.CC.CC.CCC(CC)Cc1ccc(-c2ccc(-c3ccc(C)cc3)cc2)cc1.CCC(CC)Cc1ccc(-c2ccc(C)cc2)cc1.CCC(CC)c1ccc(-c2ccc(C)cc2)cc1.CCCc1ccc(-c2cc(CCC)cc(-c3ccc(CCC)cc3)c2)cc1.Cc1ccc(-c2ccc(CCC(C)C)cc2)cc1. The second kappa shape index (κ2) is 78.9. The van der Waals surface area contributed by atoms with Gasteiger partial charge in [-0.3, -0.25) is 0 Å². The highest BCUT2D eigenvalue weighted by atomic mass is 14.2. The highest BCUT2D eigenvalue weighted by Crippen LogP contribution is 2.33. The van der Waals surface area contributed by atoms with Gasteiger partial charge in [-0.15, -0.1) is 0 Å². The Morgan fingerprint density at radius 2 is 0.362 bits per heavy atom. The number of aryl methyl sites for hydroxylation is 8. The van der Waals surface area contributed by atoms with Crippen LogP contribution in [0.2, 0.25) is 0 Å². The standard InChI is InChI=1S/C27H32.C25H28.C19H24.2C18H22.10C2H6/c1-4-7-21-10-14-24(15-11-21)26-18-23(9-6-3)19-27(20-26)25-16-12-22(8-5-2)13-17-25;1-4-20(5-2)18-21-8-12-23(13-9-21)25-16-14-24(15-17-25)22-10-6-19(3)7-11-22;1-4-16(5-2)14-17-8-12-19(13-9-17)18-10-6-15(3)7-11-18;1-14(2)4-7-16-8-12-18(13-9-16)17-10-5-15(3)6-11-17;1-4-15(5-2)16-10-12-18(13-11-16)17-8-6-14(3)7-9-17;10*1-2/h10-20H,4-9H2,1-3H3;6-17,20H,4-5,18H2,1-3H3;6-13,16H,4-5,14H2,1-3H3;5-6,8-14H,4,7H2,1-3H3;6-13,15H,4-5H2,1-3H3;10*1-2H3. The van der Waals surface area contributed by atoms with E-state index in [1.165, 1.54) is 223 Å². The molecule has 0 unspecified atom stereocenters. The van der Waals surface area contributed by atoms with Crippen LogP contribution in [0.5, 0.6) is 0 Å². The summed E-state index contributed by atoms with van der Waals surface area (Å²) in [6, 6.07) is 105. The minimum Gasteiger partial charge on any atom is -0.0683 e. The molecule has 0 aromatic heterocycles. The first-order valence-electron chi connectivity index (χ1n) is 51.1. The minimum atomic E-state index is 0.706. The maximum atomic E-state index is 2.37. The van der Waals surface area contributed by atoms with Crippen molar-refractivity contribution in [3.8, 4) is 77.9 Å². The Bertz CT molecular complexity index is 4320. The fourth-order valence-corrected chi connectivity index (χ4v) is 14.1. The molecule has 0 atom stereocenters. The second-order valence-electron chi connectivity index (χ2n) is 30.5. The zero-order valence-corrected chi connectivity index (χ0v) is 88.3. The molecule has 0 aliphatic rings. The lowest BCUT2D eigenvalue weighted by atomic mass is 9.92. The lowest BCUT2D eigenvalue weighted by Crippen LogP contribution is -2.01. The van der Waals surface area contributed by atoms with Gasteiger partial charge in [-0.05, 0) is 232 Å². The summed E-state index contributed by atoms with van der Waals surface area (Å²) in [6.07, 6.45) is 19.4. The maximum Gasteiger partial charge on any atom is -0.0167 e.